The molecular formula is C25H40N2Zr. The van der Waals surface area contributed by atoms with Crippen molar-refractivity contribution in [3.8, 4) is 0 Å². The Kier molecular flexibility index (Phi) is 13.5. The molecule has 1 heterocycles. The molecule has 2 rings (SSSR count). The summed E-state index contributed by atoms with van der Waals surface area (Å²) in [7, 11) is 0. The van der Waals surface area contributed by atoms with E-state index in [0.29, 0.717) is 0 Å². The Morgan fingerprint density at radius 1 is 0.857 bits per heavy atom. The maximum Gasteiger partial charge on any atom is 4.00 e. The fourth-order valence-corrected chi connectivity index (χ4v) is 2.94. The van der Waals surface area contributed by atoms with Crippen LogP contribution in [0, 0.1) is 29.2 Å². The predicted octanol–water partition coefficient (Wildman–Crippen LogP) is 8.10. The van der Waals surface area contributed by atoms with Gasteiger partial charge in [0.25, 0.3) is 0 Å². The van der Waals surface area contributed by atoms with Crippen LogP contribution in [0.15, 0.2) is 36.5 Å². The van der Waals surface area contributed by atoms with Crippen molar-refractivity contribution in [2.75, 3.05) is 0 Å². The Morgan fingerprint density at radius 2 is 1.32 bits per heavy atom. The number of aryl methyl sites for hydroxylation is 1. The minimum atomic E-state index is 0. The quantitative estimate of drug-likeness (QED) is 0.426. The van der Waals surface area contributed by atoms with Crippen molar-refractivity contribution >= 4 is 5.69 Å². The summed E-state index contributed by atoms with van der Waals surface area (Å²) in [5, 5.41) is 5.14. The molecular weight excluding hydrogens is 420 g/mol. The first-order valence-electron chi connectivity index (χ1n) is 8.77. The molecule has 1 aromatic carbocycles. The smallest absolute Gasteiger partial charge is 0.677 e. The van der Waals surface area contributed by atoms with Crippen molar-refractivity contribution in [1.29, 1.82) is 0 Å². The first kappa shape index (κ1) is 31.7. The maximum atomic E-state index is 5.14. The first-order valence-corrected chi connectivity index (χ1v) is 8.77. The molecule has 1 unspecified atom stereocenters. The third-order valence-electron chi connectivity index (χ3n) is 4.31. The van der Waals surface area contributed by atoms with Gasteiger partial charge in [-0.05, 0) is 29.9 Å². The normalized spacial score (nSPS) is 11.7. The van der Waals surface area contributed by atoms with E-state index in [1.165, 1.54) is 16.7 Å². The van der Waals surface area contributed by atoms with Crippen molar-refractivity contribution in [2.24, 2.45) is 0 Å². The van der Waals surface area contributed by atoms with E-state index in [4.69, 9.17) is 5.32 Å². The Labute approximate surface area is 195 Å². The molecule has 0 amide bonds. The van der Waals surface area contributed by atoms with Gasteiger partial charge in [-0.3, -0.25) is 4.98 Å². The number of nitrogens with zero attached hydrogens (tertiary/aromatic N) is 2. The van der Waals surface area contributed by atoms with Gasteiger partial charge in [0.2, 0.25) is 0 Å². The molecule has 3 heteroatoms. The van der Waals surface area contributed by atoms with Crippen molar-refractivity contribution in [3.05, 3.63) is 86.5 Å². The molecule has 0 fully saturated rings. The third-order valence-corrected chi connectivity index (χ3v) is 4.31. The van der Waals surface area contributed by atoms with Crippen molar-refractivity contribution in [2.45, 2.75) is 72.3 Å². The third kappa shape index (κ3) is 7.82. The molecule has 0 aliphatic heterocycles. The molecule has 0 saturated carbocycles. The minimum absolute atomic E-state index is 0. The van der Waals surface area contributed by atoms with E-state index in [-0.39, 0.29) is 65.4 Å². The van der Waals surface area contributed by atoms with E-state index in [1.807, 2.05) is 18.3 Å². The van der Waals surface area contributed by atoms with Crippen LogP contribution in [0.3, 0.4) is 0 Å². The van der Waals surface area contributed by atoms with E-state index in [9.17, 15) is 0 Å². The van der Waals surface area contributed by atoms with Crippen LogP contribution in [0.2, 0.25) is 0 Å². The van der Waals surface area contributed by atoms with Crippen LogP contribution >= 0.6 is 0 Å². The second-order valence-corrected chi connectivity index (χ2v) is 8.77. The molecule has 0 N–H and O–H groups in total. The Morgan fingerprint density at radius 3 is 1.68 bits per heavy atom. The number of aromatic nitrogens is 1. The molecule has 0 spiro atoms. The zero-order chi connectivity index (χ0) is 18.1. The Balaban J connectivity index is -0.00000156. The van der Waals surface area contributed by atoms with Crippen LogP contribution in [0.25, 0.3) is 5.32 Å². The van der Waals surface area contributed by atoms with Gasteiger partial charge in [-0.1, -0.05) is 89.4 Å². The number of rotatable bonds is 3. The van der Waals surface area contributed by atoms with Crippen molar-refractivity contribution in [1.82, 2.24) is 4.98 Å². The van der Waals surface area contributed by atoms with E-state index < -0.39 is 0 Å². The second kappa shape index (κ2) is 11.9. The molecule has 0 bridgehead atoms. The average molecular weight is 460 g/mol. The zero-order valence-corrected chi connectivity index (χ0v) is 22.4. The Bertz CT molecular complexity index is 660. The summed E-state index contributed by atoms with van der Waals surface area (Å²) in [5.74, 6) is 0. The Hall–Kier alpha value is -0.947. The number of benzene rings is 1. The van der Waals surface area contributed by atoms with Crippen molar-refractivity contribution in [3.63, 3.8) is 0 Å². The van der Waals surface area contributed by atoms with E-state index in [0.717, 1.165) is 11.4 Å². The SMILES string of the molecule is Cc1cc(C(C)(C)C)c([N-]C(C)c2ccccn2)c(C(C)(C)C)c1.[CH3-].[CH3-].[CH3-].[Zr+4]. The summed E-state index contributed by atoms with van der Waals surface area (Å²) in [6.07, 6.45) is 1.84. The topological polar surface area (TPSA) is 27.0 Å². The standard InChI is InChI=1S/C22H31N2.3CH3.Zr/c1-15-13-17(21(3,4)5)20(18(14-15)22(6,7)8)24-16(2)19-11-9-10-12-23-19;;;;/h9-14,16H,1-8H3;3*1H3;/q4*-1;+4. The molecule has 1 atom stereocenters. The molecule has 0 saturated heterocycles. The van der Waals surface area contributed by atoms with E-state index in [1.54, 1.807) is 0 Å². The van der Waals surface area contributed by atoms with Gasteiger partial charge in [-0.25, -0.2) is 0 Å². The maximum absolute atomic E-state index is 5.14. The van der Waals surface area contributed by atoms with E-state index in [2.05, 4.69) is 78.6 Å². The van der Waals surface area contributed by atoms with Gasteiger partial charge in [-0.15, -0.1) is 5.69 Å². The van der Waals surface area contributed by atoms with Gasteiger partial charge in [0.05, 0.1) is 0 Å². The average Bonchev–Trinajstić information content (AvgIpc) is 2.47. The van der Waals surface area contributed by atoms with Gasteiger partial charge in [0, 0.05) is 11.9 Å². The van der Waals surface area contributed by atoms with Crippen LogP contribution in [-0.4, -0.2) is 4.98 Å². The van der Waals surface area contributed by atoms with Crippen LogP contribution in [-0.2, 0) is 37.0 Å². The van der Waals surface area contributed by atoms with Gasteiger partial charge in [0.1, 0.15) is 0 Å². The fourth-order valence-electron chi connectivity index (χ4n) is 2.94. The summed E-state index contributed by atoms with van der Waals surface area (Å²) >= 11 is 0. The van der Waals surface area contributed by atoms with E-state index >= 15 is 0 Å². The number of hydrogen-bond donors (Lipinski definition) is 0. The molecule has 2 aromatic rings. The largest absolute Gasteiger partial charge is 4.00 e. The van der Waals surface area contributed by atoms with Crippen LogP contribution < -0.4 is 0 Å². The molecule has 0 aliphatic carbocycles. The van der Waals surface area contributed by atoms with Crippen molar-refractivity contribution < 1.29 is 26.2 Å². The molecule has 0 aliphatic rings. The zero-order valence-electron chi connectivity index (χ0n) is 19.9. The predicted molar refractivity (Wildman–Crippen MR) is 123 cm³/mol. The van der Waals surface area contributed by atoms with Gasteiger partial charge in [0.15, 0.2) is 0 Å². The summed E-state index contributed by atoms with van der Waals surface area (Å²) < 4.78 is 0. The van der Waals surface area contributed by atoms with Crippen LogP contribution in [0.1, 0.15) is 76.9 Å². The van der Waals surface area contributed by atoms with Gasteiger partial charge < -0.3 is 27.6 Å². The monoisotopic (exact) mass is 458 g/mol. The van der Waals surface area contributed by atoms with Gasteiger partial charge >= 0.3 is 26.2 Å². The number of hydrogen-bond acceptors (Lipinski definition) is 1. The minimum Gasteiger partial charge on any atom is -0.677 e. The van der Waals surface area contributed by atoms with Crippen LogP contribution in [0.5, 0.6) is 0 Å². The molecule has 154 valence electrons. The summed E-state index contributed by atoms with van der Waals surface area (Å²) in [6, 6.07) is 10.6. The summed E-state index contributed by atoms with van der Waals surface area (Å²) in [4.78, 5) is 4.48. The van der Waals surface area contributed by atoms with Gasteiger partial charge in [-0.2, -0.15) is 0 Å². The second-order valence-electron chi connectivity index (χ2n) is 8.77. The summed E-state index contributed by atoms with van der Waals surface area (Å²) in [6.45, 7) is 17.9. The first-order chi connectivity index (χ1) is 11.0. The van der Waals surface area contributed by atoms with Crippen LogP contribution in [0.4, 0.5) is 5.69 Å². The molecule has 0 radical (unpaired) electrons. The fraction of sp³-hybridized carbons (Fsp3) is 0.440. The molecule has 28 heavy (non-hydrogen) atoms. The molecule has 2 nitrogen and oxygen atoms in total. The molecule has 1 aromatic heterocycles. The number of pyridine rings is 1. The summed E-state index contributed by atoms with van der Waals surface area (Å²) in [5.41, 5.74) is 6.18.